The molecule has 0 atom stereocenters. The first-order chi connectivity index (χ1) is 11.7. The molecule has 1 aliphatic heterocycles. The molecule has 0 bridgehead atoms. The Morgan fingerprint density at radius 1 is 1.00 bits per heavy atom. The highest BCUT2D eigenvalue weighted by Crippen LogP contribution is 2.20. The highest BCUT2D eigenvalue weighted by Gasteiger charge is 2.20. The van der Waals surface area contributed by atoms with Crippen LogP contribution < -0.4 is 4.90 Å². The molecular weight excluding hydrogens is 310 g/mol. The van der Waals surface area contributed by atoms with E-state index < -0.39 is 0 Å². The Labute approximate surface area is 141 Å². The third kappa shape index (κ3) is 3.87. The van der Waals surface area contributed by atoms with E-state index in [9.17, 15) is 8.78 Å². The molecule has 0 amide bonds. The minimum absolute atomic E-state index is 0.216. The van der Waals surface area contributed by atoms with Crippen LogP contribution >= 0.6 is 0 Å². The summed E-state index contributed by atoms with van der Waals surface area (Å²) in [7, 11) is 0. The standard InChI is InChI=1S/C18H22F2N4/c1-2-16-17(20)18(22-13-21-16)24-9-3-8-23(10-11-24)12-14-4-6-15(19)7-5-14/h4-7,13H,2-3,8-12H2,1H3. The first-order valence-corrected chi connectivity index (χ1v) is 8.38. The minimum Gasteiger partial charge on any atom is -0.353 e. The summed E-state index contributed by atoms with van der Waals surface area (Å²) in [5.41, 5.74) is 1.55. The number of rotatable bonds is 4. The van der Waals surface area contributed by atoms with Crippen molar-refractivity contribution in [2.24, 2.45) is 0 Å². The van der Waals surface area contributed by atoms with Crippen LogP contribution in [0.2, 0.25) is 0 Å². The molecule has 0 unspecified atom stereocenters. The van der Waals surface area contributed by atoms with Gasteiger partial charge in [0.2, 0.25) is 0 Å². The highest BCUT2D eigenvalue weighted by molar-refractivity contribution is 5.41. The summed E-state index contributed by atoms with van der Waals surface area (Å²) in [4.78, 5) is 12.5. The highest BCUT2D eigenvalue weighted by atomic mass is 19.1. The van der Waals surface area contributed by atoms with Gasteiger partial charge in [-0.2, -0.15) is 0 Å². The van der Waals surface area contributed by atoms with E-state index in [2.05, 4.69) is 14.9 Å². The number of aromatic nitrogens is 2. The lowest BCUT2D eigenvalue weighted by atomic mass is 10.2. The molecule has 24 heavy (non-hydrogen) atoms. The maximum absolute atomic E-state index is 14.5. The quantitative estimate of drug-likeness (QED) is 0.861. The smallest absolute Gasteiger partial charge is 0.187 e. The lowest BCUT2D eigenvalue weighted by Gasteiger charge is -2.23. The van der Waals surface area contributed by atoms with Crippen molar-refractivity contribution in [2.75, 3.05) is 31.1 Å². The van der Waals surface area contributed by atoms with Gasteiger partial charge < -0.3 is 4.90 Å². The van der Waals surface area contributed by atoms with Crippen LogP contribution in [0.3, 0.4) is 0 Å². The third-order valence-corrected chi connectivity index (χ3v) is 4.39. The van der Waals surface area contributed by atoms with Gasteiger partial charge in [0.15, 0.2) is 11.6 Å². The van der Waals surface area contributed by atoms with Crippen molar-refractivity contribution < 1.29 is 8.78 Å². The van der Waals surface area contributed by atoms with E-state index in [0.717, 1.165) is 44.7 Å². The third-order valence-electron chi connectivity index (χ3n) is 4.39. The molecule has 0 aliphatic carbocycles. The van der Waals surface area contributed by atoms with Gasteiger partial charge in [-0.15, -0.1) is 0 Å². The van der Waals surface area contributed by atoms with Gasteiger partial charge >= 0.3 is 0 Å². The van der Waals surface area contributed by atoms with Crippen molar-refractivity contribution in [1.82, 2.24) is 14.9 Å². The van der Waals surface area contributed by atoms with E-state index in [-0.39, 0.29) is 11.6 Å². The molecule has 6 heteroatoms. The van der Waals surface area contributed by atoms with Gasteiger partial charge in [-0.1, -0.05) is 19.1 Å². The van der Waals surface area contributed by atoms with E-state index in [1.54, 1.807) is 0 Å². The Kier molecular flexibility index (Phi) is 5.35. The first kappa shape index (κ1) is 16.8. The summed E-state index contributed by atoms with van der Waals surface area (Å²) < 4.78 is 27.5. The molecule has 1 aromatic heterocycles. The second-order valence-corrected chi connectivity index (χ2v) is 6.05. The molecule has 0 saturated carbocycles. The number of anilines is 1. The van der Waals surface area contributed by atoms with Gasteiger partial charge in [0, 0.05) is 32.7 Å². The Balaban J connectivity index is 1.66. The van der Waals surface area contributed by atoms with Crippen LogP contribution in [0.25, 0.3) is 0 Å². The van der Waals surface area contributed by atoms with E-state index in [1.165, 1.54) is 18.5 Å². The Bertz CT molecular complexity index is 675. The fourth-order valence-corrected chi connectivity index (χ4v) is 3.05. The molecule has 0 radical (unpaired) electrons. The molecule has 1 aromatic carbocycles. The predicted molar refractivity (Wildman–Crippen MR) is 89.9 cm³/mol. The summed E-state index contributed by atoms with van der Waals surface area (Å²) >= 11 is 0. The maximum Gasteiger partial charge on any atom is 0.187 e. The van der Waals surface area contributed by atoms with Crippen LogP contribution in [0.15, 0.2) is 30.6 Å². The predicted octanol–water partition coefficient (Wildman–Crippen LogP) is 3.03. The van der Waals surface area contributed by atoms with Gasteiger partial charge in [0.25, 0.3) is 0 Å². The van der Waals surface area contributed by atoms with Crippen molar-refractivity contribution in [1.29, 1.82) is 0 Å². The van der Waals surface area contributed by atoms with Gasteiger partial charge in [-0.25, -0.2) is 18.7 Å². The zero-order chi connectivity index (χ0) is 16.9. The molecule has 0 N–H and O–H groups in total. The number of aryl methyl sites for hydroxylation is 1. The average Bonchev–Trinajstić information content (AvgIpc) is 2.83. The summed E-state index contributed by atoms with van der Waals surface area (Å²) in [6.07, 6.45) is 2.94. The average molecular weight is 332 g/mol. The van der Waals surface area contributed by atoms with Crippen LogP contribution in [0.5, 0.6) is 0 Å². The molecule has 3 rings (SSSR count). The van der Waals surface area contributed by atoms with Crippen molar-refractivity contribution >= 4 is 5.82 Å². The molecule has 128 valence electrons. The van der Waals surface area contributed by atoms with E-state index in [4.69, 9.17) is 0 Å². The summed E-state index contributed by atoms with van der Waals surface area (Å²) in [5.74, 6) is -0.107. The summed E-state index contributed by atoms with van der Waals surface area (Å²) in [5, 5.41) is 0. The second kappa shape index (κ2) is 7.66. The van der Waals surface area contributed by atoms with Gasteiger partial charge in [-0.3, -0.25) is 4.90 Å². The number of benzene rings is 1. The van der Waals surface area contributed by atoms with Crippen LogP contribution in [0.4, 0.5) is 14.6 Å². The fourth-order valence-electron chi connectivity index (χ4n) is 3.05. The minimum atomic E-state index is -0.299. The number of halogens is 2. The maximum atomic E-state index is 14.5. The molecule has 4 nitrogen and oxygen atoms in total. The molecule has 2 aromatic rings. The van der Waals surface area contributed by atoms with E-state index in [0.29, 0.717) is 17.9 Å². The second-order valence-electron chi connectivity index (χ2n) is 6.05. The van der Waals surface area contributed by atoms with Gasteiger partial charge in [0.05, 0.1) is 5.69 Å². The molecule has 0 spiro atoms. The van der Waals surface area contributed by atoms with Crippen LogP contribution in [0, 0.1) is 11.6 Å². The zero-order valence-electron chi connectivity index (χ0n) is 13.9. The lowest BCUT2D eigenvalue weighted by molar-refractivity contribution is 0.285. The lowest BCUT2D eigenvalue weighted by Crippen LogP contribution is -2.31. The first-order valence-electron chi connectivity index (χ1n) is 8.38. The topological polar surface area (TPSA) is 32.3 Å². The normalized spacial score (nSPS) is 16.2. The van der Waals surface area contributed by atoms with Crippen molar-refractivity contribution in [3.05, 3.63) is 53.5 Å². The monoisotopic (exact) mass is 332 g/mol. The SMILES string of the molecule is CCc1ncnc(N2CCCN(Cc3ccc(F)cc3)CC2)c1F. The van der Waals surface area contributed by atoms with Crippen molar-refractivity contribution in [3.8, 4) is 0 Å². The Hall–Kier alpha value is -2.08. The largest absolute Gasteiger partial charge is 0.353 e. The fraction of sp³-hybridized carbons (Fsp3) is 0.444. The molecule has 1 aliphatic rings. The zero-order valence-corrected chi connectivity index (χ0v) is 13.9. The summed E-state index contributed by atoms with van der Waals surface area (Å²) in [6, 6.07) is 6.61. The number of hydrogen-bond donors (Lipinski definition) is 0. The molecule has 1 saturated heterocycles. The summed E-state index contributed by atoms with van der Waals surface area (Å²) in [6.45, 7) is 5.92. The van der Waals surface area contributed by atoms with Crippen LogP contribution in [-0.4, -0.2) is 41.0 Å². The molecule has 1 fully saturated rings. The Morgan fingerprint density at radius 3 is 2.54 bits per heavy atom. The number of nitrogens with zero attached hydrogens (tertiary/aromatic N) is 4. The van der Waals surface area contributed by atoms with Crippen molar-refractivity contribution in [2.45, 2.75) is 26.3 Å². The Morgan fingerprint density at radius 2 is 1.79 bits per heavy atom. The number of hydrogen-bond acceptors (Lipinski definition) is 4. The van der Waals surface area contributed by atoms with Crippen LogP contribution in [-0.2, 0) is 13.0 Å². The molecule has 2 heterocycles. The van der Waals surface area contributed by atoms with Crippen molar-refractivity contribution in [3.63, 3.8) is 0 Å². The van der Waals surface area contributed by atoms with Crippen LogP contribution in [0.1, 0.15) is 24.6 Å². The van der Waals surface area contributed by atoms with Gasteiger partial charge in [0.1, 0.15) is 12.1 Å². The van der Waals surface area contributed by atoms with E-state index in [1.807, 2.05) is 24.0 Å². The van der Waals surface area contributed by atoms with Gasteiger partial charge in [-0.05, 0) is 30.5 Å². The molecular formula is C18H22F2N4. The van der Waals surface area contributed by atoms with E-state index >= 15 is 0 Å².